The molecule has 3 heterocycles. The first-order chi connectivity index (χ1) is 22.0. The minimum absolute atomic E-state index is 0.0185. The SMILES string of the molecule is CC(C)c1cc(C#N)cc2nc(-c3ccc(C(=O)NCC4CN(c5ccc(-c6ccccc6C(F)(F)F)cn5)C(=O)O4)cc3)oc12. The number of alkyl halides is 3. The number of aromatic nitrogens is 2. The van der Waals surface area contributed by atoms with Crippen LogP contribution in [-0.2, 0) is 10.9 Å². The molecule has 46 heavy (non-hydrogen) atoms. The zero-order valence-corrected chi connectivity index (χ0v) is 24.6. The van der Waals surface area contributed by atoms with Gasteiger partial charge >= 0.3 is 12.3 Å². The molecule has 1 aliphatic rings. The van der Waals surface area contributed by atoms with E-state index in [1.165, 1.54) is 41.4 Å². The number of oxazole rings is 1. The van der Waals surface area contributed by atoms with Crippen molar-refractivity contribution in [3.8, 4) is 28.7 Å². The fourth-order valence-corrected chi connectivity index (χ4v) is 5.25. The van der Waals surface area contributed by atoms with Gasteiger partial charge in [-0.05, 0) is 66.1 Å². The van der Waals surface area contributed by atoms with Gasteiger partial charge < -0.3 is 14.5 Å². The van der Waals surface area contributed by atoms with Crippen LogP contribution in [-0.4, -0.2) is 41.2 Å². The number of carbonyl (C=O) groups excluding carboxylic acids is 2. The molecule has 2 amide bonds. The summed E-state index contributed by atoms with van der Waals surface area (Å²) in [5.41, 5.74) is 3.06. The second kappa shape index (κ2) is 12.0. The molecule has 1 aliphatic heterocycles. The lowest BCUT2D eigenvalue weighted by Gasteiger charge is -2.15. The lowest BCUT2D eigenvalue weighted by molar-refractivity contribution is -0.137. The number of fused-ring (bicyclic) bond motifs is 1. The maximum Gasteiger partial charge on any atom is 0.417 e. The van der Waals surface area contributed by atoms with E-state index in [1.807, 2.05) is 13.8 Å². The van der Waals surface area contributed by atoms with Gasteiger partial charge in [-0.25, -0.2) is 14.8 Å². The Morgan fingerprint density at radius 1 is 1.09 bits per heavy atom. The Morgan fingerprint density at radius 3 is 2.50 bits per heavy atom. The number of nitrogens with one attached hydrogen (secondary N) is 1. The zero-order valence-electron chi connectivity index (χ0n) is 24.6. The van der Waals surface area contributed by atoms with Crippen molar-refractivity contribution in [2.75, 3.05) is 18.0 Å². The molecule has 3 aromatic carbocycles. The average molecular weight is 626 g/mol. The number of hydrogen-bond acceptors (Lipinski definition) is 7. The lowest BCUT2D eigenvalue weighted by atomic mass is 10.00. The van der Waals surface area contributed by atoms with Crippen molar-refractivity contribution in [1.29, 1.82) is 5.26 Å². The largest absolute Gasteiger partial charge is 0.442 e. The van der Waals surface area contributed by atoms with Crippen LogP contribution in [0.3, 0.4) is 0 Å². The van der Waals surface area contributed by atoms with Crippen LogP contribution in [0, 0.1) is 11.3 Å². The van der Waals surface area contributed by atoms with Crippen molar-refractivity contribution < 1.29 is 31.9 Å². The van der Waals surface area contributed by atoms with Gasteiger partial charge in [0.1, 0.15) is 17.4 Å². The highest BCUT2D eigenvalue weighted by Gasteiger charge is 2.35. The summed E-state index contributed by atoms with van der Waals surface area (Å²) in [5, 5.41) is 12.1. The van der Waals surface area contributed by atoms with E-state index in [0.29, 0.717) is 33.7 Å². The van der Waals surface area contributed by atoms with E-state index in [9.17, 15) is 28.0 Å². The Kier molecular flexibility index (Phi) is 7.92. The van der Waals surface area contributed by atoms with Crippen molar-refractivity contribution in [3.63, 3.8) is 0 Å². The maximum atomic E-state index is 13.4. The molecule has 0 radical (unpaired) electrons. The van der Waals surface area contributed by atoms with Crippen LogP contribution in [0.2, 0.25) is 0 Å². The van der Waals surface area contributed by atoms with Crippen LogP contribution in [0.4, 0.5) is 23.8 Å². The predicted molar refractivity (Wildman–Crippen MR) is 163 cm³/mol. The molecule has 1 fully saturated rings. The molecule has 2 aromatic heterocycles. The van der Waals surface area contributed by atoms with Crippen molar-refractivity contribution in [2.24, 2.45) is 0 Å². The molecule has 0 saturated carbocycles. The molecule has 1 saturated heterocycles. The van der Waals surface area contributed by atoms with Gasteiger partial charge in [-0.1, -0.05) is 32.0 Å². The third-order valence-corrected chi connectivity index (χ3v) is 7.60. The van der Waals surface area contributed by atoms with Gasteiger partial charge in [-0.15, -0.1) is 0 Å². The topological polar surface area (TPSA) is 121 Å². The van der Waals surface area contributed by atoms with Gasteiger partial charge in [0, 0.05) is 28.5 Å². The van der Waals surface area contributed by atoms with Crippen LogP contribution in [0.15, 0.2) is 83.4 Å². The lowest BCUT2D eigenvalue weighted by Crippen LogP contribution is -2.34. The van der Waals surface area contributed by atoms with E-state index in [4.69, 9.17) is 9.15 Å². The summed E-state index contributed by atoms with van der Waals surface area (Å²) >= 11 is 0. The Balaban J connectivity index is 1.08. The van der Waals surface area contributed by atoms with Crippen LogP contribution in [0.5, 0.6) is 0 Å². The quantitative estimate of drug-likeness (QED) is 0.201. The van der Waals surface area contributed by atoms with Gasteiger partial charge in [0.15, 0.2) is 5.58 Å². The summed E-state index contributed by atoms with van der Waals surface area (Å²) in [6.45, 7) is 4.14. The van der Waals surface area contributed by atoms with Gasteiger partial charge in [0.05, 0.1) is 30.3 Å². The minimum Gasteiger partial charge on any atom is -0.442 e. The normalized spacial score (nSPS) is 14.8. The van der Waals surface area contributed by atoms with E-state index >= 15 is 0 Å². The van der Waals surface area contributed by atoms with Gasteiger partial charge in [-0.3, -0.25) is 9.69 Å². The average Bonchev–Trinajstić information content (AvgIpc) is 3.66. The van der Waals surface area contributed by atoms with Crippen LogP contribution in [0.1, 0.15) is 46.8 Å². The number of anilines is 1. The van der Waals surface area contributed by atoms with Crippen molar-refractivity contribution >= 4 is 28.9 Å². The number of benzene rings is 3. The molecule has 232 valence electrons. The third-order valence-electron chi connectivity index (χ3n) is 7.60. The number of cyclic esters (lactones) is 1. The number of pyridine rings is 1. The molecule has 5 aromatic rings. The number of amides is 2. The third kappa shape index (κ3) is 5.99. The monoisotopic (exact) mass is 625 g/mol. The van der Waals surface area contributed by atoms with Gasteiger partial charge in [0.2, 0.25) is 5.89 Å². The molecule has 12 heteroatoms. The number of rotatable bonds is 7. The minimum atomic E-state index is -4.53. The van der Waals surface area contributed by atoms with Crippen molar-refractivity contribution in [3.05, 3.63) is 101 Å². The molecule has 1 atom stereocenters. The molecule has 9 nitrogen and oxygen atoms in total. The van der Waals surface area contributed by atoms with Crippen LogP contribution >= 0.6 is 0 Å². The predicted octanol–water partition coefficient (Wildman–Crippen LogP) is 7.33. The second-order valence-corrected chi connectivity index (χ2v) is 11.1. The first-order valence-corrected chi connectivity index (χ1v) is 14.4. The first kappa shape index (κ1) is 30.3. The van der Waals surface area contributed by atoms with Crippen molar-refractivity contribution in [1.82, 2.24) is 15.3 Å². The smallest absolute Gasteiger partial charge is 0.417 e. The fraction of sp³-hybridized carbons (Fsp3) is 0.206. The fourth-order valence-electron chi connectivity index (χ4n) is 5.25. The first-order valence-electron chi connectivity index (χ1n) is 14.4. The van der Waals surface area contributed by atoms with Crippen LogP contribution < -0.4 is 10.2 Å². The highest BCUT2D eigenvalue weighted by atomic mass is 19.4. The number of nitrogens with zero attached hydrogens (tertiary/aromatic N) is 4. The van der Waals surface area contributed by atoms with Crippen molar-refractivity contribution in [2.45, 2.75) is 32.0 Å². The number of halogens is 3. The Hall–Kier alpha value is -5.70. The summed E-state index contributed by atoms with van der Waals surface area (Å²) in [7, 11) is 0. The summed E-state index contributed by atoms with van der Waals surface area (Å²) in [6, 6.07) is 20.4. The molecule has 6 rings (SSSR count). The van der Waals surface area contributed by atoms with E-state index in [2.05, 4.69) is 21.4 Å². The Morgan fingerprint density at radius 2 is 1.83 bits per heavy atom. The molecule has 0 aliphatic carbocycles. The Labute approximate surface area is 261 Å². The summed E-state index contributed by atoms with van der Waals surface area (Å²) in [4.78, 5) is 35.4. The zero-order chi connectivity index (χ0) is 32.6. The number of ether oxygens (including phenoxy) is 1. The van der Waals surface area contributed by atoms with E-state index in [-0.39, 0.29) is 41.9 Å². The molecular weight excluding hydrogens is 599 g/mol. The highest BCUT2D eigenvalue weighted by Crippen LogP contribution is 2.37. The maximum absolute atomic E-state index is 13.4. The van der Waals surface area contributed by atoms with E-state index < -0.39 is 23.9 Å². The summed E-state index contributed by atoms with van der Waals surface area (Å²) in [6.07, 6.45) is -4.60. The molecular formula is C34H26F3N5O4. The van der Waals surface area contributed by atoms with E-state index in [1.54, 1.807) is 36.4 Å². The summed E-state index contributed by atoms with van der Waals surface area (Å²) in [5.74, 6) is 0.319. The number of hydrogen-bond donors (Lipinski definition) is 1. The molecule has 0 bridgehead atoms. The van der Waals surface area contributed by atoms with Crippen LogP contribution in [0.25, 0.3) is 33.7 Å². The number of nitriles is 1. The highest BCUT2D eigenvalue weighted by molar-refractivity contribution is 5.95. The van der Waals surface area contributed by atoms with E-state index in [0.717, 1.165) is 11.6 Å². The molecule has 1 N–H and O–H groups in total. The summed E-state index contributed by atoms with van der Waals surface area (Å²) < 4.78 is 51.7. The Bertz CT molecular complexity index is 1980. The molecule has 1 unspecified atom stereocenters. The second-order valence-electron chi connectivity index (χ2n) is 11.1. The number of carbonyl (C=O) groups is 2. The molecule has 0 spiro atoms. The van der Waals surface area contributed by atoms with Gasteiger partial charge in [-0.2, -0.15) is 18.4 Å². The van der Waals surface area contributed by atoms with Gasteiger partial charge in [0.25, 0.3) is 5.91 Å². The standard InChI is InChI=1S/C34H26F3N5O4/c1-19(2)26-13-20(15-38)14-28-30(26)46-32(41-28)22-9-7-21(8-10-22)31(43)40-17-24-18-42(33(44)45-24)29-12-11-23(16-39-29)25-5-3-4-6-27(25)34(35,36)37/h3-14,16,19,24H,17-18H2,1-2H3,(H,40,43).